The average molecular weight is 339 g/mol. The minimum atomic E-state index is -0.423. The van der Waals surface area contributed by atoms with Crippen LogP contribution in [0.15, 0.2) is 61.2 Å². The lowest BCUT2D eigenvalue weighted by atomic mass is 10.1. The highest BCUT2D eigenvalue weighted by atomic mass is 16.5. The monoisotopic (exact) mass is 339 g/mol. The number of para-hydroxylation sites is 1. The van der Waals surface area contributed by atoms with Gasteiger partial charge in [0.15, 0.2) is 6.61 Å². The molecule has 1 N–H and O–H groups in total. The second-order valence-corrected chi connectivity index (χ2v) is 5.24. The van der Waals surface area contributed by atoms with Gasteiger partial charge in [0.25, 0.3) is 5.91 Å². The largest absolute Gasteiger partial charge is 0.483 e. The van der Waals surface area contributed by atoms with Crippen LogP contribution in [-0.2, 0) is 16.0 Å². The predicted octanol–water partition coefficient (Wildman–Crippen LogP) is 3.61. The third-order valence-corrected chi connectivity index (χ3v) is 3.35. The highest BCUT2D eigenvalue weighted by Gasteiger charge is 2.10. The number of esters is 1. The van der Waals surface area contributed by atoms with Crippen LogP contribution >= 0.6 is 0 Å². The zero-order valence-corrected chi connectivity index (χ0v) is 14.2. The molecular formula is C20H21NO4. The summed E-state index contributed by atoms with van der Waals surface area (Å²) in [4.78, 5) is 23.8. The number of benzene rings is 2. The van der Waals surface area contributed by atoms with E-state index in [0.29, 0.717) is 30.0 Å². The van der Waals surface area contributed by atoms with Crippen LogP contribution in [0, 0.1) is 0 Å². The minimum Gasteiger partial charge on any atom is -0.483 e. The Kier molecular flexibility index (Phi) is 6.77. The quantitative estimate of drug-likeness (QED) is 0.589. The first-order valence-corrected chi connectivity index (χ1v) is 8.02. The molecule has 2 aromatic rings. The number of nitrogens with one attached hydrogen (secondary N) is 1. The predicted molar refractivity (Wildman–Crippen MR) is 96.9 cm³/mol. The van der Waals surface area contributed by atoms with Gasteiger partial charge in [0.1, 0.15) is 5.75 Å². The Morgan fingerprint density at radius 2 is 1.96 bits per heavy atom. The van der Waals surface area contributed by atoms with Crippen LogP contribution in [0.2, 0.25) is 0 Å². The van der Waals surface area contributed by atoms with Crippen LogP contribution in [0.3, 0.4) is 0 Å². The normalized spacial score (nSPS) is 9.96. The minimum absolute atomic E-state index is 0.127. The molecule has 1 amide bonds. The molecule has 0 bridgehead atoms. The number of carbonyl (C=O) groups excluding carboxylic acids is 2. The maximum absolute atomic E-state index is 12.1. The molecule has 0 aromatic heterocycles. The molecule has 130 valence electrons. The summed E-state index contributed by atoms with van der Waals surface area (Å²) in [5.74, 6) is -0.0829. The van der Waals surface area contributed by atoms with Gasteiger partial charge in [-0.3, -0.25) is 4.79 Å². The van der Waals surface area contributed by atoms with E-state index in [-0.39, 0.29) is 12.5 Å². The standard InChI is InChI=1S/C20H21NO4/c1-3-8-15-9-5-6-12-18(15)25-14-19(22)21-17-11-7-10-16(13-17)20(23)24-4-2/h3,5-7,9-13H,1,4,8,14H2,2H3,(H,21,22). The molecule has 5 heteroatoms. The molecule has 0 saturated heterocycles. The summed E-state index contributed by atoms with van der Waals surface area (Å²) in [5.41, 5.74) is 1.87. The van der Waals surface area contributed by atoms with Gasteiger partial charge in [-0.05, 0) is 43.2 Å². The number of carbonyl (C=O) groups is 2. The molecule has 0 aliphatic heterocycles. The molecule has 0 atom stereocenters. The zero-order chi connectivity index (χ0) is 18.1. The summed E-state index contributed by atoms with van der Waals surface area (Å²) in [6, 6.07) is 14.1. The molecule has 25 heavy (non-hydrogen) atoms. The van der Waals surface area contributed by atoms with Crippen LogP contribution in [0.4, 0.5) is 5.69 Å². The maximum atomic E-state index is 12.1. The Morgan fingerprint density at radius 3 is 2.72 bits per heavy atom. The summed E-state index contributed by atoms with van der Waals surface area (Å²) in [6.07, 6.45) is 2.45. The van der Waals surface area contributed by atoms with Gasteiger partial charge < -0.3 is 14.8 Å². The highest BCUT2D eigenvalue weighted by Crippen LogP contribution is 2.19. The van der Waals surface area contributed by atoms with Crippen LogP contribution in [0.5, 0.6) is 5.75 Å². The Bertz CT molecular complexity index is 755. The van der Waals surface area contributed by atoms with E-state index < -0.39 is 5.97 Å². The van der Waals surface area contributed by atoms with E-state index in [9.17, 15) is 9.59 Å². The Morgan fingerprint density at radius 1 is 1.16 bits per heavy atom. The van der Waals surface area contributed by atoms with Crippen molar-refractivity contribution in [2.24, 2.45) is 0 Å². The van der Waals surface area contributed by atoms with Crippen LogP contribution in [0.25, 0.3) is 0 Å². The van der Waals surface area contributed by atoms with E-state index in [2.05, 4.69) is 11.9 Å². The number of hydrogen-bond donors (Lipinski definition) is 1. The summed E-state index contributed by atoms with van der Waals surface area (Å²) in [5, 5.41) is 2.71. The lowest BCUT2D eigenvalue weighted by molar-refractivity contribution is -0.118. The summed E-state index contributed by atoms with van der Waals surface area (Å²) in [7, 11) is 0. The molecule has 0 aliphatic rings. The van der Waals surface area contributed by atoms with E-state index in [0.717, 1.165) is 5.56 Å². The van der Waals surface area contributed by atoms with Gasteiger partial charge in [0.2, 0.25) is 0 Å². The number of ether oxygens (including phenoxy) is 2. The number of allylic oxidation sites excluding steroid dienone is 1. The van der Waals surface area contributed by atoms with Crippen LogP contribution in [-0.4, -0.2) is 25.1 Å². The molecule has 0 saturated carbocycles. The zero-order valence-electron chi connectivity index (χ0n) is 14.2. The Labute approximate surface area is 147 Å². The summed E-state index contributed by atoms with van der Waals surface area (Å²) in [6.45, 7) is 5.62. The average Bonchev–Trinajstić information content (AvgIpc) is 2.62. The third-order valence-electron chi connectivity index (χ3n) is 3.35. The van der Waals surface area contributed by atoms with E-state index >= 15 is 0 Å². The molecule has 5 nitrogen and oxygen atoms in total. The van der Waals surface area contributed by atoms with Gasteiger partial charge in [0, 0.05) is 5.69 Å². The van der Waals surface area contributed by atoms with Crippen molar-refractivity contribution < 1.29 is 19.1 Å². The van der Waals surface area contributed by atoms with Gasteiger partial charge in [-0.1, -0.05) is 30.3 Å². The van der Waals surface area contributed by atoms with Crippen LogP contribution < -0.4 is 10.1 Å². The summed E-state index contributed by atoms with van der Waals surface area (Å²) >= 11 is 0. The number of anilines is 1. The Hall–Kier alpha value is -3.08. The maximum Gasteiger partial charge on any atom is 0.338 e. The van der Waals surface area contributed by atoms with Crippen molar-refractivity contribution in [3.63, 3.8) is 0 Å². The molecule has 0 spiro atoms. The second-order valence-electron chi connectivity index (χ2n) is 5.24. The number of hydrogen-bond acceptors (Lipinski definition) is 4. The lowest BCUT2D eigenvalue weighted by Crippen LogP contribution is -2.20. The molecule has 0 unspecified atom stereocenters. The van der Waals surface area contributed by atoms with E-state index in [1.54, 1.807) is 37.3 Å². The van der Waals surface area contributed by atoms with Crippen LogP contribution in [0.1, 0.15) is 22.8 Å². The van der Waals surface area contributed by atoms with Crippen molar-refractivity contribution in [3.05, 3.63) is 72.3 Å². The fourth-order valence-electron chi connectivity index (χ4n) is 2.25. The molecule has 2 aromatic carbocycles. The van der Waals surface area contributed by atoms with Gasteiger partial charge >= 0.3 is 5.97 Å². The fraction of sp³-hybridized carbons (Fsp3) is 0.200. The van der Waals surface area contributed by atoms with Gasteiger partial charge in [-0.15, -0.1) is 6.58 Å². The van der Waals surface area contributed by atoms with Crippen molar-refractivity contribution in [3.8, 4) is 5.75 Å². The van der Waals surface area contributed by atoms with Crippen molar-refractivity contribution in [2.45, 2.75) is 13.3 Å². The molecule has 2 rings (SSSR count). The third kappa shape index (κ3) is 5.49. The smallest absolute Gasteiger partial charge is 0.338 e. The fourth-order valence-corrected chi connectivity index (χ4v) is 2.25. The van der Waals surface area contributed by atoms with Gasteiger partial charge in [-0.2, -0.15) is 0 Å². The van der Waals surface area contributed by atoms with E-state index in [1.807, 2.05) is 24.3 Å². The molecular weight excluding hydrogens is 318 g/mol. The topological polar surface area (TPSA) is 64.6 Å². The summed E-state index contributed by atoms with van der Waals surface area (Å²) < 4.78 is 10.5. The molecule has 0 aliphatic carbocycles. The van der Waals surface area contributed by atoms with Crippen molar-refractivity contribution in [2.75, 3.05) is 18.5 Å². The van der Waals surface area contributed by atoms with E-state index in [4.69, 9.17) is 9.47 Å². The second kappa shape index (κ2) is 9.27. The van der Waals surface area contributed by atoms with Crippen molar-refractivity contribution in [1.29, 1.82) is 0 Å². The van der Waals surface area contributed by atoms with Crippen molar-refractivity contribution in [1.82, 2.24) is 0 Å². The SMILES string of the molecule is C=CCc1ccccc1OCC(=O)Nc1cccc(C(=O)OCC)c1. The molecule has 0 radical (unpaired) electrons. The molecule has 0 fully saturated rings. The Balaban J connectivity index is 1.96. The highest BCUT2D eigenvalue weighted by molar-refractivity contribution is 5.95. The van der Waals surface area contributed by atoms with Gasteiger partial charge in [-0.25, -0.2) is 4.79 Å². The lowest BCUT2D eigenvalue weighted by Gasteiger charge is -2.11. The van der Waals surface area contributed by atoms with Crippen molar-refractivity contribution >= 4 is 17.6 Å². The number of amides is 1. The first-order chi connectivity index (χ1) is 12.1. The van der Waals surface area contributed by atoms with E-state index in [1.165, 1.54) is 0 Å². The number of rotatable bonds is 8. The molecule has 0 heterocycles. The van der Waals surface area contributed by atoms with Gasteiger partial charge in [0.05, 0.1) is 12.2 Å². The first-order valence-electron chi connectivity index (χ1n) is 8.02. The first kappa shape index (κ1) is 18.3.